The van der Waals surface area contributed by atoms with E-state index in [1.165, 1.54) is 0 Å². The van der Waals surface area contributed by atoms with Crippen LogP contribution >= 0.6 is 0 Å². The summed E-state index contributed by atoms with van der Waals surface area (Å²) in [7, 11) is 0. The zero-order valence-electron chi connectivity index (χ0n) is 11.0. The zero-order valence-corrected chi connectivity index (χ0v) is 11.0. The second-order valence-electron chi connectivity index (χ2n) is 4.38. The van der Waals surface area contributed by atoms with Crippen molar-refractivity contribution in [1.29, 1.82) is 0 Å². The highest BCUT2D eigenvalue weighted by atomic mass is 16.5. The van der Waals surface area contributed by atoms with Crippen LogP contribution in [0.3, 0.4) is 0 Å². The molecule has 0 aliphatic heterocycles. The second kappa shape index (κ2) is 4.44. The van der Waals surface area contributed by atoms with Crippen LogP contribution in [0.25, 0.3) is 16.4 Å². The first-order valence-corrected chi connectivity index (χ1v) is 6.16. The van der Waals surface area contributed by atoms with Crippen LogP contribution < -0.4 is 5.69 Å². The second-order valence-corrected chi connectivity index (χ2v) is 4.38. The lowest BCUT2D eigenvalue weighted by atomic mass is 10.1. The molecule has 0 saturated heterocycles. The van der Waals surface area contributed by atoms with E-state index in [2.05, 4.69) is 15.3 Å². The van der Waals surface area contributed by atoms with Crippen LogP contribution in [-0.2, 0) is 4.74 Å². The Bertz CT molecular complexity index is 878. The van der Waals surface area contributed by atoms with Gasteiger partial charge in [-0.05, 0) is 26.0 Å². The smallest absolute Gasteiger partial charge is 0.368 e. The first kappa shape index (κ1) is 12.3. The molecule has 0 aliphatic rings. The fraction of sp³-hybridized carbons (Fsp3) is 0.231. The molecule has 7 nitrogen and oxygen atoms in total. The number of fused-ring (bicyclic) bond motifs is 3. The largest absolute Gasteiger partial charge is 0.461 e. The number of esters is 1. The molecule has 1 aromatic carbocycles. The van der Waals surface area contributed by atoms with E-state index in [0.29, 0.717) is 16.4 Å². The lowest BCUT2D eigenvalue weighted by molar-refractivity contribution is 0.0522. The Morgan fingerprint density at radius 1 is 1.45 bits per heavy atom. The number of aromatic nitrogens is 4. The molecule has 102 valence electrons. The van der Waals surface area contributed by atoms with E-state index in [-0.39, 0.29) is 12.3 Å². The van der Waals surface area contributed by atoms with E-state index in [4.69, 9.17) is 4.74 Å². The van der Waals surface area contributed by atoms with Gasteiger partial charge in [-0.15, -0.1) is 5.10 Å². The average Bonchev–Trinajstić information content (AvgIpc) is 2.86. The normalized spacial score (nSPS) is 11.1. The van der Waals surface area contributed by atoms with E-state index in [0.717, 1.165) is 10.1 Å². The summed E-state index contributed by atoms with van der Waals surface area (Å²) >= 11 is 0. The SMILES string of the molecule is CCOC(=O)c1n[nH]n2c(=O)nc3ccc(C)cc3c12. The summed E-state index contributed by atoms with van der Waals surface area (Å²) in [5.74, 6) is -0.570. The third kappa shape index (κ3) is 1.75. The van der Waals surface area contributed by atoms with Gasteiger partial charge in [0.2, 0.25) is 0 Å². The number of rotatable bonds is 2. The maximum atomic E-state index is 11.9. The molecule has 0 radical (unpaired) electrons. The van der Waals surface area contributed by atoms with Crippen molar-refractivity contribution in [2.24, 2.45) is 0 Å². The van der Waals surface area contributed by atoms with Crippen molar-refractivity contribution in [3.05, 3.63) is 39.9 Å². The summed E-state index contributed by atoms with van der Waals surface area (Å²) in [6, 6.07) is 5.46. The molecular weight excluding hydrogens is 260 g/mol. The van der Waals surface area contributed by atoms with Crippen molar-refractivity contribution >= 4 is 22.4 Å². The highest BCUT2D eigenvalue weighted by Crippen LogP contribution is 2.20. The molecule has 3 rings (SSSR count). The van der Waals surface area contributed by atoms with Crippen LogP contribution in [0.4, 0.5) is 0 Å². The maximum Gasteiger partial charge on any atom is 0.368 e. The van der Waals surface area contributed by atoms with Gasteiger partial charge in [0.25, 0.3) is 0 Å². The van der Waals surface area contributed by atoms with E-state index >= 15 is 0 Å². The first-order chi connectivity index (χ1) is 9.61. The molecule has 2 heterocycles. The Hall–Kier alpha value is -2.70. The number of nitrogens with one attached hydrogen (secondary N) is 1. The van der Waals surface area contributed by atoms with Crippen molar-refractivity contribution in [1.82, 2.24) is 19.8 Å². The van der Waals surface area contributed by atoms with Gasteiger partial charge in [0.05, 0.1) is 12.1 Å². The highest BCUT2D eigenvalue weighted by molar-refractivity contribution is 6.05. The van der Waals surface area contributed by atoms with Crippen LogP contribution in [0, 0.1) is 6.92 Å². The van der Waals surface area contributed by atoms with Gasteiger partial charge in [0.1, 0.15) is 5.52 Å². The third-order valence-electron chi connectivity index (χ3n) is 2.99. The molecule has 0 aliphatic carbocycles. The maximum absolute atomic E-state index is 11.9. The summed E-state index contributed by atoms with van der Waals surface area (Å²) < 4.78 is 6.10. The molecule has 1 N–H and O–H groups in total. The Kier molecular flexibility index (Phi) is 2.74. The fourth-order valence-corrected chi connectivity index (χ4v) is 2.13. The zero-order chi connectivity index (χ0) is 14.3. The Labute approximate surface area is 113 Å². The van der Waals surface area contributed by atoms with Gasteiger partial charge in [-0.25, -0.2) is 14.8 Å². The van der Waals surface area contributed by atoms with Crippen LogP contribution in [0.2, 0.25) is 0 Å². The Morgan fingerprint density at radius 2 is 2.25 bits per heavy atom. The number of nitrogens with zero attached hydrogens (tertiary/aromatic N) is 3. The van der Waals surface area contributed by atoms with Crippen LogP contribution in [-0.4, -0.2) is 32.4 Å². The summed E-state index contributed by atoms with van der Waals surface area (Å²) in [4.78, 5) is 27.8. The summed E-state index contributed by atoms with van der Waals surface area (Å²) in [6.07, 6.45) is 0. The van der Waals surface area contributed by atoms with Crippen molar-refractivity contribution in [2.45, 2.75) is 13.8 Å². The highest BCUT2D eigenvalue weighted by Gasteiger charge is 2.19. The van der Waals surface area contributed by atoms with Crippen LogP contribution in [0.1, 0.15) is 23.0 Å². The van der Waals surface area contributed by atoms with E-state index in [9.17, 15) is 9.59 Å². The number of carbonyl (C=O) groups is 1. The molecule has 3 aromatic rings. The van der Waals surface area contributed by atoms with Gasteiger partial charge in [-0.3, -0.25) is 0 Å². The summed E-state index contributed by atoms with van der Waals surface area (Å²) in [5, 5.41) is 7.06. The molecule has 7 heteroatoms. The Balaban J connectivity index is 2.44. The van der Waals surface area contributed by atoms with Crippen LogP contribution in [0.5, 0.6) is 0 Å². The number of H-pyrrole nitrogens is 1. The number of hydrogen-bond acceptors (Lipinski definition) is 5. The van der Waals surface area contributed by atoms with Crippen molar-refractivity contribution in [3.63, 3.8) is 0 Å². The van der Waals surface area contributed by atoms with Crippen molar-refractivity contribution in [2.75, 3.05) is 6.61 Å². The number of hydrogen-bond donors (Lipinski definition) is 1. The van der Waals surface area contributed by atoms with Gasteiger partial charge in [0.15, 0.2) is 5.69 Å². The molecular formula is C13H12N4O3. The fourth-order valence-electron chi connectivity index (χ4n) is 2.13. The molecule has 0 fully saturated rings. The average molecular weight is 272 g/mol. The number of carbonyl (C=O) groups excluding carboxylic acids is 1. The van der Waals surface area contributed by atoms with Gasteiger partial charge >= 0.3 is 11.7 Å². The molecule has 0 bridgehead atoms. The number of benzene rings is 1. The van der Waals surface area contributed by atoms with E-state index < -0.39 is 11.7 Å². The molecule has 0 amide bonds. The molecule has 0 spiro atoms. The van der Waals surface area contributed by atoms with Crippen LogP contribution in [0.15, 0.2) is 23.0 Å². The minimum absolute atomic E-state index is 0.0851. The van der Waals surface area contributed by atoms with Crippen molar-refractivity contribution in [3.8, 4) is 0 Å². The predicted molar refractivity (Wildman–Crippen MR) is 71.8 cm³/mol. The lowest BCUT2D eigenvalue weighted by Gasteiger charge is -2.02. The van der Waals surface area contributed by atoms with Crippen molar-refractivity contribution < 1.29 is 9.53 Å². The monoisotopic (exact) mass is 272 g/mol. The quantitative estimate of drug-likeness (QED) is 0.704. The van der Waals surface area contributed by atoms with Gasteiger partial charge in [0, 0.05) is 5.39 Å². The standard InChI is InChI=1S/C13H12N4O3/c1-3-20-12(18)10-11-8-6-7(2)4-5-9(8)14-13(19)17(11)16-15-10/h4-6,16H,3H2,1-2H3. The van der Waals surface area contributed by atoms with E-state index in [1.807, 2.05) is 19.1 Å². The summed E-state index contributed by atoms with van der Waals surface area (Å²) in [5.41, 5.74) is 1.48. The molecule has 2 aromatic heterocycles. The topological polar surface area (TPSA) is 89.4 Å². The summed E-state index contributed by atoms with van der Waals surface area (Å²) in [6.45, 7) is 3.87. The number of aromatic amines is 1. The number of aryl methyl sites for hydroxylation is 1. The minimum Gasteiger partial charge on any atom is -0.461 e. The Morgan fingerprint density at radius 3 is 3.00 bits per heavy atom. The third-order valence-corrected chi connectivity index (χ3v) is 2.99. The minimum atomic E-state index is -0.570. The molecule has 0 atom stereocenters. The van der Waals surface area contributed by atoms with Gasteiger partial charge in [-0.2, -0.15) is 9.50 Å². The number of ether oxygens (including phenoxy) is 1. The lowest BCUT2D eigenvalue weighted by Crippen LogP contribution is -2.18. The molecule has 20 heavy (non-hydrogen) atoms. The molecule has 0 unspecified atom stereocenters. The first-order valence-electron chi connectivity index (χ1n) is 6.16. The van der Waals surface area contributed by atoms with E-state index in [1.54, 1.807) is 13.0 Å². The van der Waals surface area contributed by atoms with Gasteiger partial charge < -0.3 is 4.74 Å². The van der Waals surface area contributed by atoms with Gasteiger partial charge in [-0.1, -0.05) is 11.6 Å². The predicted octanol–water partition coefficient (Wildman–Crippen LogP) is 1.06. The molecule has 0 saturated carbocycles.